The molecule has 1 atom stereocenters. The Hall–Kier alpha value is -1.45. The van der Waals surface area contributed by atoms with Crippen LogP contribution in [0.3, 0.4) is 0 Å². The fraction of sp³-hybridized carbons (Fsp3) is 0.316. The van der Waals surface area contributed by atoms with Crippen molar-refractivity contribution in [2.45, 2.75) is 38.5 Å². The summed E-state index contributed by atoms with van der Waals surface area (Å²) in [6, 6.07) is 8.46. The van der Waals surface area contributed by atoms with Gasteiger partial charge in [0.25, 0.3) is 0 Å². The van der Waals surface area contributed by atoms with E-state index in [2.05, 4.69) is 35.9 Å². The summed E-state index contributed by atoms with van der Waals surface area (Å²) in [7, 11) is 0. The zero-order valence-electron chi connectivity index (χ0n) is 12.6. The summed E-state index contributed by atoms with van der Waals surface area (Å²) in [5.74, 6) is 0.466. The predicted molar refractivity (Wildman–Crippen MR) is 97.4 cm³/mol. The van der Waals surface area contributed by atoms with Crippen LogP contribution in [0.25, 0.3) is 21.2 Å². The normalized spacial score (nSPS) is 17.6. The third-order valence-corrected chi connectivity index (χ3v) is 6.63. The Balaban J connectivity index is 1.95. The lowest BCUT2D eigenvalue weighted by atomic mass is 9.85. The Morgan fingerprint density at radius 2 is 2.14 bits per heavy atom. The molecule has 3 heteroatoms. The first-order chi connectivity index (χ1) is 10.8. The highest BCUT2D eigenvalue weighted by Crippen LogP contribution is 2.37. The van der Waals surface area contributed by atoms with Gasteiger partial charge in [0.2, 0.25) is 0 Å². The molecule has 1 aromatic carbocycles. The van der Waals surface area contributed by atoms with Gasteiger partial charge >= 0.3 is 0 Å². The number of thiophene rings is 1. The van der Waals surface area contributed by atoms with Crippen molar-refractivity contribution >= 4 is 32.8 Å². The van der Waals surface area contributed by atoms with Gasteiger partial charge in [-0.25, -0.2) is 0 Å². The Morgan fingerprint density at radius 1 is 1.23 bits per heavy atom. The maximum atomic E-state index is 12.9. The van der Waals surface area contributed by atoms with Crippen molar-refractivity contribution in [1.29, 1.82) is 0 Å². The van der Waals surface area contributed by atoms with Gasteiger partial charge in [0.1, 0.15) is 0 Å². The third-order valence-electron chi connectivity index (χ3n) is 4.72. The minimum atomic E-state index is 0.284. The molecule has 112 valence electrons. The van der Waals surface area contributed by atoms with Crippen LogP contribution >= 0.6 is 22.7 Å². The molecule has 2 aromatic heterocycles. The molecule has 0 amide bonds. The third kappa shape index (κ3) is 2.24. The first-order valence-electron chi connectivity index (χ1n) is 7.90. The van der Waals surface area contributed by atoms with E-state index >= 15 is 0 Å². The zero-order chi connectivity index (χ0) is 15.1. The van der Waals surface area contributed by atoms with Crippen LogP contribution in [0.5, 0.6) is 0 Å². The van der Waals surface area contributed by atoms with Gasteiger partial charge in [-0.1, -0.05) is 13.0 Å². The van der Waals surface area contributed by atoms with Gasteiger partial charge in [0, 0.05) is 20.5 Å². The number of fused-ring (bicyclic) bond motifs is 2. The Morgan fingerprint density at radius 3 is 2.91 bits per heavy atom. The molecule has 0 bridgehead atoms. The second kappa shape index (κ2) is 5.64. The second-order valence-electron chi connectivity index (χ2n) is 5.99. The summed E-state index contributed by atoms with van der Waals surface area (Å²) < 4.78 is 1.14. The maximum absolute atomic E-state index is 12.9. The molecule has 0 spiro atoms. The molecule has 3 aromatic rings. The molecule has 0 fully saturated rings. The van der Waals surface area contributed by atoms with Crippen LogP contribution in [0, 0.1) is 0 Å². The van der Waals surface area contributed by atoms with Crippen LogP contribution in [0.15, 0.2) is 39.8 Å². The summed E-state index contributed by atoms with van der Waals surface area (Å²) in [5.41, 5.74) is 3.87. The first-order valence-corrected chi connectivity index (χ1v) is 9.66. The van der Waals surface area contributed by atoms with Crippen LogP contribution in [-0.2, 0) is 6.42 Å². The highest BCUT2D eigenvalue weighted by Gasteiger charge is 2.23. The molecule has 1 nitrogen and oxygen atoms in total. The van der Waals surface area contributed by atoms with Crippen LogP contribution < -0.4 is 5.43 Å². The van der Waals surface area contributed by atoms with Gasteiger partial charge < -0.3 is 0 Å². The molecule has 0 saturated heterocycles. The number of aryl methyl sites for hydroxylation is 1. The van der Waals surface area contributed by atoms with Gasteiger partial charge in [-0.15, -0.1) is 11.3 Å². The largest absolute Gasteiger partial charge is 0.289 e. The number of rotatable bonds is 2. The molecule has 0 aliphatic heterocycles. The van der Waals surface area contributed by atoms with E-state index in [1.54, 1.807) is 11.3 Å². The van der Waals surface area contributed by atoms with Crippen molar-refractivity contribution in [3.63, 3.8) is 0 Å². The van der Waals surface area contributed by atoms with Crippen LogP contribution in [-0.4, -0.2) is 0 Å². The number of hydrogen-bond acceptors (Lipinski definition) is 3. The molecule has 1 unspecified atom stereocenters. The lowest BCUT2D eigenvalue weighted by Crippen LogP contribution is -2.19. The monoisotopic (exact) mass is 326 g/mol. The molecule has 22 heavy (non-hydrogen) atoms. The minimum absolute atomic E-state index is 0.284. The van der Waals surface area contributed by atoms with Crippen molar-refractivity contribution in [2.75, 3.05) is 0 Å². The highest BCUT2D eigenvalue weighted by molar-refractivity contribution is 7.18. The Kier molecular flexibility index (Phi) is 3.63. The van der Waals surface area contributed by atoms with E-state index in [9.17, 15) is 4.79 Å². The molecule has 2 heterocycles. The Bertz CT molecular complexity index is 874. The zero-order valence-corrected chi connectivity index (χ0v) is 14.2. The predicted octanol–water partition coefficient (Wildman–Crippen LogP) is 5.82. The minimum Gasteiger partial charge on any atom is -0.289 e. The number of benzene rings is 1. The molecular weight excluding hydrogens is 308 g/mol. The van der Waals surface area contributed by atoms with Gasteiger partial charge in [-0.2, -0.15) is 11.3 Å². The van der Waals surface area contributed by atoms with E-state index in [0.29, 0.717) is 5.92 Å². The molecule has 1 aliphatic rings. The van der Waals surface area contributed by atoms with Gasteiger partial charge in [0.15, 0.2) is 5.43 Å². The second-order valence-corrected chi connectivity index (χ2v) is 7.91. The summed E-state index contributed by atoms with van der Waals surface area (Å²) in [4.78, 5) is 14.3. The molecule has 0 saturated carbocycles. The van der Waals surface area contributed by atoms with Gasteiger partial charge in [-0.3, -0.25) is 4.79 Å². The fourth-order valence-corrected chi connectivity index (χ4v) is 5.53. The smallest absolute Gasteiger partial charge is 0.191 e. The average Bonchev–Trinajstić information content (AvgIpc) is 3.08. The molecule has 1 aliphatic carbocycles. The molecule has 0 N–H and O–H groups in total. The average molecular weight is 326 g/mol. The van der Waals surface area contributed by atoms with Crippen molar-refractivity contribution in [3.8, 4) is 11.1 Å². The van der Waals surface area contributed by atoms with Crippen molar-refractivity contribution in [3.05, 3.63) is 55.7 Å². The van der Waals surface area contributed by atoms with Crippen molar-refractivity contribution in [1.82, 2.24) is 0 Å². The summed E-state index contributed by atoms with van der Waals surface area (Å²) in [6.07, 6.45) is 4.54. The molecule has 0 radical (unpaired) electrons. The van der Waals surface area contributed by atoms with Crippen molar-refractivity contribution < 1.29 is 0 Å². The Labute approximate surface area is 138 Å². The van der Waals surface area contributed by atoms with Gasteiger partial charge in [-0.05, 0) is 71.7 Å². The first kappa shape index (κ1) is 14.2. The van der Waals surface area contributed by atoms with Gasteiger partial charge in [0.05, 0.1) is 0 Å². The molecule has 4 rings (SSSR count). The SMILES string of the molecule is CCC1CCCc2sc3cc(-c4ccsc4)ccc3c(=O)c21. The van der Waals surface area contributed by atoms with E-state index in [0.717, 1.165) is 28.5 Å². The van der Waals surface area contributed by atoms with E-state index in [1.165, 1.54) is 28.8 Å². The van der Waals surface area contributed by atoms with E-state index in [4.69, 9.17) is 0 Å². The standard InChI is InChI=1S/C19H18OS2/c1-2-12-4-3-5-16-18(12)19(20)15-7-6-13(10-17(15)22-16)14-8-9-21-11-14/h6-12H,2-5H2,1H3. The lowest BCUT2D eigenvalue weighted by molar-refractivity contribution is 0.542. The topological polar surface area (TPSA) is 17.1 Å². The number of hydrogen-bond donors (Lipinski definition) is 0. The van der Waals surface area contributed by atoms with E-state index in [-0.39, 0.29) is 5.43 Å². The summed E-state index contributed by atoms with van der Waals surface area (Å²) in [5, 5.41) is 5.17. The highest BCUT2D eigenvalue weighted by atomic mass is 32.1. The summed E-state index contributed by atoms with van der Waals surface area (Å²) >= 11 is 3.55. The van der Waals surface area contributed by atoms with Crippen LogP contribution in [0.2, 0.25) is 0 Å². The maximum Gasteiger partial charge on any atom is 0.191 e. The fourth-order valence-electron chi connectivity index (χ4n) is 3.52. The lowest BCUT2D eigenvalue weighted by Gasteiger charge is -2.23. The van der Waals surface area contributed by atoms with Crippen molar-refractivity contribution in [2.24, 2.45) is 0 Å². The van der Waals surface area contributed by atoms with Crippen LogP contribution in [0.1, 0.15) is 42.5 Å². The summed E-state index contributed by atoms with van der Waals surface area (Å²) in [6.45, 7) is 2.20. The van der Waals surface area contributed by atoms with E-state index in [1.807, 2.05) is 17.4 Å². The van der Waals surface area contributed by atoms with E-state index < -0.39 is 0 Å². The van der Waals surface area contributed by atoms with Crippen LogP contribution in [0.4, 0.5) is 0 Å². The molecular formula is C19H18OS2. The quantitative estimate of drug-likeness (QED) is 0.580.